The lowest BCUT2D eigenvalue weighted by atomic mass is 9.96. The van der Waals surface area contributed by atoms with Crippen LogP contribution in [0.25, 0.3) is 22.3 Å². The zero-order chi connectivity index (χ0) is 26.5. The molecule has 0 saturated carbocycles. The maximum atomic E-state index is 15.2. The molecule has 0 aliphatic carbocycles. The first-order valence-corrected chi connectivity index (χ1v) is 14.3. The van der Waals surface area contributed by atoms with Crippen LogP contribution in [0.15, 0.2) is 23.3 Å². The average molecular weight is 551 g/mol. The number of aliphatic hydroxyl groups is 1. The third-order valence-corrected chi connectivity index (χ3v) is 8.28. The fourth-order valence-electron chi connectivity index (χ4n) is 4.70. The topological polar surface area (TPSA) is 123 Å². The van der Waals surface area contributed by atoms with E-state index in [1.54, 1.807) is 6.07 Å². The molecule has 0 bridgehead atoms. The van der Waals surface area contributed by atoms with Gasteiger partial charge >= 0.3 is 0 Å². The molecule has 2 aromatic heterocycles. The molecule has 3 aromatic rings. The summed E-state index contributed by atoms with van der Waals surface area (Å²) < 4.78 is 47.6. The summed E-state index contributed by atoms with van der Waals surface area (Å²) in [4.78, 5) is 17.5. The second kappa shape index (κ2) is 9.99. The van der Waals surface area contributed by atoms with E-state index in [-0.39, 0.29) is 47.6 Å². The van der Waals surface area contributed by atoms with Crippen LogP contribution in [0, 0.1) is 11.7 Å². The van der Waals surface area contributed by atoms with Gasteiger partial charge < -0.3 is 14.4 Å². The number of imidazole rings is 1. The van der Waals surface area contributed by atoms with Crippen LogP contribution in [-0.2, 0) is 14.8 Å². The highest BCUT2D eigenvalue weighted by Gasteiger charge is 2.31. The van der Waals surface area contributed by atoms with Gasteiger partial charge in [-0.25, -0.2) is 32.8 Å². The molecular weight excluding hydrogens is 523 g/mol. The first kappa shape index (κ1) is 26.1. The second-order valence-electron chi connectivity index (χ2n) is 9.69. The first-order valence-electron chi connectivity index (χ1n) is 12.1. The van der Waals surface area contributed by atoms with E-state index in [2.05, 4.69) is 19.9 Å². The minimum atomic E-state index is -3.37. The SMILES string of the molecule is CC(C)n1c(C2CCO2)nc2c(F)cc(-c3nc(N=C[C@@H]4CCN(S(C)(=O)=O)C[C@H]4O)ncc3Cl)cc21. The van der Waals surface area contributed by atoms with Gasteiger partial charge in [0.25, 0.3) is 0 Å². The van der Waals surface area contributed by atoms with Crippen molar-refractivity contribution in [2.24, 2.45) is 10.9 Å². The van der Waals surface area contributed by atoms with Crippen molar-refractivity contribution in [1.29, 1.82) is 0 Å². The summed E-state index contributed by atoms with van der Waals surface area (Å²) in [5, 5.41) is 10.6. The maximum Gasteiger partial charge on any atom is 0.249 e. The Bertz CT molecular complexity index is 1470. The fourth-order valence-corrected chi connectivity index (χ4v) is 5.76. The van der Waals surface area contributed by atoms with Gasteiger partial charge in [0.05, 0.1) is 41.4 Å². The summed E-state index contributed by atoms with van der Waals surface area (Å²) in [6.45, 7) is 4.96. The number of rotatable bonds is 6. The van der Waals surface area contributed by atoms with Crippen LogP contribution < -0.4 is 0 Å². The third kappa shape index (κ3) is 5.13. The number of piperidine rings is 1. The molecule has 2 aliphatic heterocycles. The number of ether oxygens (including phenoxy) is 1. The van der Waals surface area contributed by atoms with Crippen molar-refractivity contribution in [1.82, 2.24) is 23.8 Å². The molecule has 0 amide bonds. The predicted molar refractivity (Wildman–Crippen MR) is 138 cm³/mol. The first-order chi connectivity index (χ1) is 17.5. The Morgan fingerprint density at radius 2 is 2.05 bits per heavy atom. The fraction of sp³-hybridized carbons (Fsp3) is 0.500. The number of benzene rings is 1. The highest BCUT2D eigenvalue weighted by Crippen LogP contribution is 2.37. The van der Waals surface area contributed by atoms with E-state index in [9.17, 15) is 13.5 Å². The van der Waals surface area contributed by atoms with Crippen molar-refractivity contribution in [2.75, 3.05) is 26.0 Å². The molecule has 198 valence electrons. The molecule has 5 rings (SSSR count). The number of hydrogen-bond acceptors (Lipinski definition) is 8. The van der Waals surface area contributed by atoms with Crippen LogP contribution in [-0.4, -0.2) is 75.6 Å². The molecule has 0 radical (unpaired) electrons. The van der Waals surface area contributed by atoms with E-state index >= 15 is 4.39 Å². The molecule has 2 fully saturated rings. The number of halogens is 2. The Morgan fingerprint density at radius 3 is 2.68 bits per heavy atom. The molecule has 4 heterocycles. The maximum absolute atomic E-state index is 15.2. The molecule has 10 nitrogen and oxygen atoms in total. The van der Waals surface area contributed by atoms with Crippen molar-refractivity contribution in [2.45, 2.75) is 44.9 Å². The number of fused-ring (bicyclic) bond motifs is 1. The van der Waals surface area contributed by atoms with Crippen LogP contribution in [0.5, 0.6) is 0 Å². The Hall–Kier alpha value is -2.51. The smallest absolute Gasteiger partial charge is 0.249 e. The van der Waals surface area contributed by atoms with Crippen LogP contribution >= 0.6 is 11.6 Å². The van der Waals surface area contributed by atoms with Crippen molar-refractivity contribution in [3.05, 3.63) is 35.0 Å². The van der Waals surface area contributed by atoms with E-state index in [0.717, 1.165) is 12.7 Å². The van der Waals surface area contributed by atoms with Gasteiger partial charge in [-0.05, 0) is 32.4 Å². The molecule has 0 spiro atoms. The van der Waals surface area contributed by atoms with Gasteiger partial charge in [0.15, 0.2) is 5.82 Å². The Labute approximate surface area is 219 Å². The Morgan fingerprint density at radius 1 is 1.30 bits per heavy atom. The standard InChI is InChI=1S/C24H28ClFN6O4S/c1-13(2)32-18-9-15(8-17(26)22(18)29-23(32)20-5-7-36-20)21-16(25)11-28-24(30-21)27-10-14-4-6-31(12-19(14)33)37(3,34)35/h8-11,13-14,19-20,33H,4-7,12H2,1-3H3/t14-,19+,20?/m0/s1. The minimum absolute atomic E-state index is 0.00104. The van der Waals surface area contributed by atoms with Gasteiger partial charge in [0.1, 0.15) is 17.4 Å². The third-order valence-electron chi connectivity index (χ3n) is 6.73. The van der Waals surface area contributed by atoms with Crippen molar-refractivity contribution >= 4 is 44.8 Å². The lowest BCUT2D eigenvalue weighted by Gasteiger charge is -2.32. The summed E-state index contributed by atoms with van der Waals surface area (Å²) in [5.41, 5.74) is 1.66. The number of nitrogens with zero attached hydrogens (tertiary/aromatic N) is 6. The monoisotopic (exact) mass is 550 g/mol. The van der Waals surface area contributed by atoms with Gasteiger partial charge in [-0.15, -0.1) is 0 Å². The summed E-state index contributed by atoms with van der Waals surface area (Å²) in [5.74, 6) is -0.0551. The predicted octanol–water partition coefficient (Wildman–Crippen LogP) is 3.67. The Balaban J connectivity index is 1.46. The number of sulfonamides is 1. The van der Waals surface area contributed by atoms with Crippen LogP contribution in [0.4, 0.5) is 10.3 Å². The van der Waals surface area contributed by atoms with Gasteiger partial charge in [-0.3, -0.25) is 0 Å². The number of aliphatic imine (C=N–C) groups is 1. The van der Waals surface area contributed by atoms with Crippen LogP contribution in [0.3, 0.4) is 0 Å². The van der Waals surface area contributed by atoms with E-state index in [4.69, 9.17) is 16.3 Å². The average Bonchev–Trinajstić information content (AvgIpc) is 3.17. The molecule has 1 aromatic carbocycles. The molecule has 37 heavy (non-hydrogen) atoms. The molecular formula is C24H28ClFN6O4S. The molecule has 3 atom stereocenters. The van der Waals surface area contributed by atoms with Gasteiger partial charge in [0, 0.05) is 43.2 Å². The summed E-state index contributed by atoms with van der Waals surface area (Å²) in [6.07, 6.45) is 4.24. The quantitative estimate of drug-likeness (QED) is 0.464. The van der Waals surface area contributed by atoms with Crippen molar-refractivity contribution < 1.29 is 22.7 Å². The van der Waals surface area contributed by atoms with Crippen LogP contribution in [0.1, 0.15) is 44.7 Å². The number of aliphatic hydroxyl groups excluding tert-OH is 1. The van der Waals surface area contributed by atoms with Gasteiger partial charge in [0.2, 0.25) is 16.0 Å². The van der Waals surface area contributed by atoms with E-state index in [1.807, 2.05) is 18.4 Å². The lowest BCUT2D eigenvalue weighted by molar-refractivity contribution is -0.0599. The number of hydrogen-bond donors (Lipinski definition) is 1. The van der Waals surface area contributed by atoms with E-state index in [1.165, 1.54) is 22.8 Å². The highest BCUT2D eigenvalue weighted by molar-refractivity contribution is 7.88. The second-order valence-corrected chi connectivity index (χ2v) is 12.1. The minimum Gasteiger partial charge on any atom is -0.391 e. The molecule has 2 aliphatic rings. The van der Waals surface area contributed by atoms with Crippen molar-refractivity contribution in [3.8, 4) is 11.3 Å². The molecule has 13 heteroatoms. The molecule has 1 N–H and O–H groups in total. The van der Waals surface area contributed by atoms with E-state index < -0.39 is 21.9 Å². The zero-order valence-electron chi connectivity index (χ0n) is 20.7. The summed E-state index contributed by atoms with van der Waals surface area (Å²) in [6, 6.07) is 3.18. The molecule has 1 unspecified atom stereocenters. The van der Waals surface area contributed by atoms with E-state index in [0.29, 0.717) is 35.6 Å². The van der Waals surface area contributed by atoms with Gasteiger partial charge in [-0.1, -0.05) is 11.6 Å². The summed E-state index contributed by atoms with van der Waals surface area (Å²) in [7, 11) is -3.37. The number of aromatic nitrogens is 4. The van der Waals surface area contributed by atoms with Gasteiger partial charge in [-0.2, -0.15) is 4.31 Å². The zero-order valence-corrected chi connectivity index (χ0v) is 22.2. The highest BCUT2D eigenvalue weighted by atomic mass is 35.5. The largest absolute Gasteiger partial charge is 0.391 e. The normalized spacial score (nSPS) is 23.3. The summed E-state index contributed by atoms with van der Waals surface area (Å²) >= 11 is 6.41. The lowest BCUT2D eigenvalue weighted by Crippen LogP contribution is -2.46. The van der Waals surface area contributed by atoms with Crippen LogP contribution in [0.2, 0.25) is 5.02 Å². The van der Waals surface area contributed by atoms with Crippen molar-refractivity contribution in [3.63, 3.8) is 0 Å². The molecule has 2 saturated heterocycles. The Kier molecular flexibility index (Phi) is 7.05. The number of β-amino-alcohol motifs (C(OH)–C–C–N with tert-alkyl or cyclic N) is 1.